The van der Waals surface area contributed by atoms with Crippen LogP contribution in [0.4, 0.5) is 5.95 Å². The van der Waals surface area contributed by atoms with Gasteiger partial charge in [-0.05, 0) is 24.6 Å². The van der Waals surface area contributed by atoms with Gasteiger partial charge < -0.3 is 24.0 Å². The van der Waals surface area contributed by atoms with E-state index < -0.39 is 0 Å². The van der Waals surface area contributed by atoms with Gasteiger partial charge in [-0.15, -0.1) is 0 Å². The molecule has 0 atom stereocenters. The maximum atomic E-state index is 13.4. The second-order valence-corrected chi connectivity index (χ2v) is 8.88. The van der Waals surface area contributed by atoms with Gasteiger partial charge in [0, 0.05) is 38.8 Å². The van der Waals surface area contributed by atoms with Crippen LogP contribution in [0.5, 0.6) is 17.2 Å². The lowest BCUT2D eigenvalue weighted by Crippen LogP contribution is -2.51. The molecule has 3 aromatic rings. The van der Waals surface area contributed by atoms with Crippen molar-refractivity contribution >= 4 is 34.4 Å². The van der Waals surface area contributed by atoms with Crippen molar-refractivity contribution in [2.45, 2.75) is 19.9 Å². The lowest BCUT2D eigenvalue weighted by atomic mass is 10.2. The van der Waals surface area contributed by atoms with Crippen LogP contribution in [0, 0.1) is 0 Å². The number of piperazine rings is 1. The molecular weight excluding hydrogens is 472 g/mol. The summed E-state index contributed by atoms with van der Waals surface area (Å²) in [6.07, 6.45) is 0.794. The van der Waals surface area contributed by atoms with Gasteiger partial charge in [0.15, 0.2) is 18.1 Å². The minimum Gasteiger partial charge on any atom is -0.486 e. The number of amides is 1. The Morgan fingerprint density at radius 3 is 2.51 bits per heavy atom. The zero-order chi connectivity index (χ0) is 24.4. The molecule has 9 nitrogen and oxygen atoms in total. The molecular formula is C25H27ClN4O5. The average molecular weight is 499 g/mol. The number of aromatic nitrogens is 2. The number of para-hydroxylation sites is 1. The Hall–Kier alpha value is -3.46. The van der Waals surface area contributed by atoms with E-state index in [1.807, 2.05) is 19.1 Å². The van der Waals surface area contributed by atoms with Gasteiger partial charge in [-0.2, -0.15) is 0 Å². The molecule has 0 unspecified atom stereocenters. The van der Waals surface area contributed by atoms with Crippen LogP contribution in [0.1, 0.15) is 13.3 Å². The summed E-state index contributed by atoms with van der Waals surface area (Å²) < 4.78 is 18.7. The quantitative estimate of drug-likeness (QED) is 0.516. The molecule has 0 saturated carbocycles. The molecule has 35 heavy (non-hydrogen) atoms. The van der Waals surface area contributed by atoms with Gasteiger partial charge in [0.05, 0.1) is 15.9 Å². The van der Waals surface area contributed by atoms with E-state index in [4.69, 9.17) is 30.8 Å². The molecule has 10 heteroatoms. The Labute approximate surface area is 207 Å². The van der Waals surface area contributed by atoms with E-state index in [1.54, 1.807) is 33.7 Å². The van der Waals surface area contributed by atoms with Crippen molar-refractivity contribution in [3.05, 3.63) is 51.8 Å². The monoisotopic (exact) mass is 498 g/mol. The van der Waals surface area contributed by atoms with Gasteiger partial charge in [0.2, 0.25) is 5.95 Å². The van der Waals surface area contributed by atoms with E-state index in [9.17, 15) is 9.59 Å². The molecule has 1 amide bonds. The number of anilines is 1. The number of rotatable bonds is 6. The van der Waals surface area contributed by atoms with E-state index in [2.05, 4.69) is 4.90 Å². The summed E-state index contributed by atoms with van der Waals surface area (Å²) >= 11 is 6.11. The van der Waals surface area contributed by atoms with Crippen LogP contribution in [0.15, 0.2) is 41.2 Å². The molecule has 2 aromatic carbocycles. The average Bonchev–Trinajstić information content (AvgIpc) is 2.89. The first-order valence-corrected chi connectivity index (χ1v) is 12.2. The van der Waals surface area contributed by atoms with E-state index >= 15 is 0 Å². The summed E-state index contributed by atoms with van der Waals surface area (Å²) in [7, 11) is 0. The molecule has 0 N–H and O–H groups in total. The van der Waals surface area contributed by atoms with Gasteiger partial charge in [0.25, 0.3) is 11.5 Å². The smallest absolute Gasteiger partial charge is 0.262 e. The molecule has 0 spiro atoms. The number of hydrogen-bond donors (Lipinski definition) is 0. The number of nitrogens with zero attached hydrogens (tertiary/aromatic N) is 4. The summed E-state index contributed by atoms with van der Waals surface area (Å²) in [5.41, 5.74) is 0.476. The summed E-state index contributed by atoms with van der Waals surface area (Å²) in [6.45, 7) is 5.56. The van der Waals surface area contributed by atoms with Crippen LogP contribution in [-0.2, 0) is 11.3 Å². The van der Waals surface area contributed by atoms with Crippen LogP contribution < -0.4 is 24.7 Å². The van der Waals surface area contributed by atoms with E-state index in [-0.39, 0.29) is 18.1 Å². The maximum Gasteiger partial charge on any atom is 0.262 e. The lowest BCUT2D eigenvalue weighted by Gasteiger charge is -2.36. The number of carbonyl (C=O) groups excluding carboxylic acids is 1. The van der Waals surface area contributed by atoms with Crippen molar-refractivity contribution in [3.8, 4) is 17.2 Å². The summed E-state index contributed by atoms with van der Waals surface area (Å²) in [5, 5.41) is 0.983. The third-order valence-corrected chi connectivity index (χ3v) is 6.46. The Bertz CT molecular complexity index is 1300. The highest BCUT2D eigenvalue weighted by molar-refractivity contribution is 6.32. The highest BCUT2D eigenvalue weighted by atomic mass is 35.5. The Morgan fingerprint density at radius 2 is 1.80 bits per heavy atom. The molecule has 2 aliphatic rings. The number of carbonyl (C=O) groups is 1. The Balaban J connectivity index is 1.33. The van der Waals surface area contributed by atoms with Crippen LogP contribution in [-0.4, -0.2) is 66.4 Å². The maximum absolute atomic E-state index is 13.4. The summed E-state index contributed by atoms with van der Waals surface area (Å²) in [4.78, 5) is 34.8. The highest BCUT2D eigenvalue weighted by Crippen LogP contribution is 2.33. The molecule has 2 aliphatic heterocycles. The molecule has 0 aliphatic carbocycles. The number of hydrogen-bond acceptors (Lipinski definition) is 7. The van der Waals surface area contributed by atoms with E-state index in [0.717, 1.165) is 6.42 Å². The molecule has 1 aromatic heterocycles. The molecule has 184 valence electrons. The second-order valence-electron chi connectivity index (χ2n) is 8.47. The van der Waals surface area contributed by atoms with Crippen LogP contribution in [0.2, 0.25) is 5.02 Å². The van der Waals surface area contributed by atoms with Crippen LogP contribution in [0.3, 0.4) is 0 Å². The van der Waals surface area contributed by atoms with Crippen molar-refractivity contribution in [3.63, 3.8) is 0 Å². The molecule has 3 heterocycles. The van der Waals surface area contributed by atoms with Crippen molar-refractivity contribution in [2.24, 2.45) is 0 Å². The first kappa shape index (κ1) is 23.3. The zero-order valence-electron chi connectivity index (χ0n) is 19.5. The summed E-state index contributed by atoms with van der Waals surface area (Å²) in [6, 6.07) is 10.6. The molecule has 5 rings (SSSR count). The SMILES string of the molecule is CCCn1c(N2CCN(C(=O)COc3ccccc3Cl)CC2)nc2cc3c(cc2c1=O)OCCO3. The van der Waals surface area contributed by atoms with Crippen molar-refractivity contribution in [1.82, 2.24) is 14.5 Å². The number of fused-ring (bicyclic) bond motifs is 2. The van der Waals surface area contributed by atoms with Crippen molar-refractivity contribution in [1.29, 1.82) is 0 Å². The fourth-order valence-electron chi connectivity index (χ4n) is 4.36. The predicted molar refractivity (Wildman–Crippen MR) is 133 cm³/mol. The third-order valence-electron chi connectivity index (χ3n) is 6.15. The predicted octanol–water partition coefficient (Wildman–Crippen LogP) is 2.96. The van der Waals surface area contributed by atoms with Gasteiger partial charge >= 0.3 is 0 Å². The van der Waals surface area contributed by atoms with Gasteiger partial charge in [-0.3, -0.25) is 14.2 Å². The highest BCUT2D eigenvalue weighted by Gasteiger charge is 2.26. The minimum atomic E-state index is -0.106. The fraction of sp³-hybridized carbons (Fsp3) is 0.400. The van der Waals surface area contributed by atoms with Gasteiger partial charge in [0.1, 0.15) is 19.0 Å². The largest absolute Gasteiger partial charge is 0.486 e. The molecule has 0 radical (unpaired) electrons. The van der Waals surface area contributed by atoms with Gasteiger partial charge in [-0.25, -0.2) is 4.98 Å². The molecule has 0 bridgehead atoms. The first-order chi connectivity index (χ1) is 17.0. The van der Waals surface area contributed by atoms with E-state index in [0.29, 0.717) is 85.1 Å². The third kappa shape index (κ3) is 4.73. The number of halogens is 1. The van der Waals surface area contributed by atoms with Crippen LogP contribution >= 0.6 is 11.6 Å². The Morgan fingerprint density at radius 1 is 1.09 bits per heavy atom. The van der Waals surface area contributed by atoms with Crippen molar-refractivity contribution in [2.75, 3.05) is 50.9 Å². The van der Waals surface area contributed by atoms with Gasteiger partial charge in [-0.1, -0.05) is 30.7 Å². The minimum absolute atomic E-state index is 0.0777. The normalized spacial score (nSPS) is 15.4. The topological polar surface area (TPSA) is 86.1 Å². The molecule has 1 fully saturated rings. The lowest BCUT2D eigenvalue weighted by molar-refractivity contribution is -0.133. The van der Waals surface area contributed by atoms with Crippen molar-refractivity contribution < 1.29 is 19.0 Å². The Kier molecular flexibility index (Phi) is 6.68. The fourth-order valence-corrected chi connectivity index (χ4v) is 4.55. The van der Waals surface area contributed by atoms with E-state index in [1.165, 1.54) is 0 Å². The zero-order valence-corrected chi connectivity index (χ0v) is 20.3. The first-order valence-electron chi connectivity index (χ1n) is 11.8. The standard InChI is InChI=1S/C25H27ClN4O5/c1-2-7-30-24(32)17-14-21-22(34-13-12-33-21)15-19(17)27-25(30)29-10-8-28(9-11-29)23(31)16-35-20-6-4-3-5-18(20)26/h3-6,14-15H,2,7-13,16H2,1H3. The second kappa shape index (κ2) is 10.0. The number of benzene rings is 2. The van der Waals surface area contributed by atoms with Crippen LogP contribution in [0.25, 0.3) is 10.9 Å². The molecule has 1 saturated heterocycles. The summed E-state index contributed by atoms with van der Waals surface area (Å²) in [5.74, 6) is 2.17. The number of ether oxygens (including phenoxy) is 3.